The van der Waals surface area contributed by atoms with Gasteiger partial charge in [-0.25, -0.2) is 9.97 Å². The number of rotatable bonds is 6. The van der Waals surface area contributed by atoms with E-state index in [1.807, 2.05) is 31.2 Å². The summed E-state index contributed by atoms with van der Waals surface area (Å²) in [7, 11) is 0. The SMILES string of the molecule is C/C=C\c1ccc(N2CCN[C@@H](CC(C)C)C2)nc1C(=O)c1cccnc1N.[HH].[HH].[HH]. The van der Waals surface area contributed by atoms with Gasteiger partial charge < -0.3 is 16.0 Å². The summed E-state index contributed by atoms with van der Waals surface area (Å²) in [4.78, 5) is 24.2. The molecule has 1 atom stereocenters. The van der Waals surface area contributed by atoms with Gasteiger partial charge in [0.05, 0.1) is 5.56 Å². The van der Waals surface area contributed by atoms with Crippen molar-refractivity contribution in [1.29, 1.82) is 0 Å². The van der Waals surface area contributed by atoms with Crippen molar-refractivity contribution in [1.82, 2.24) is 15.3 Å². The van der Waals surface area contributed by atoms with E-state index in [0.29, 0.717) is 23.2 Å². The first-order chi connectivity index (χ1) is 13.5. The second kappa shape index (κ2) is 8.97. The van der Waals surface area contributed by atoms with Crippen LogP contribution in [0.1, 0.15) is 53.1 Å². The van der Waals surface area contributed by atoms with Crippen LogP contribution in [-0.2, 0) is 0 Å². The number of ketones is 1. The first kappa shape index (κ1) is 20.0. The molecule has 28 heavy (non-hydrogen) atoms. The fourth-order valence-corrected chi connectivity index (χ4v) is 3.63. The Morgan fingerprint density at radius 3 is 2.96 bits per heavy atom. The average molecular weight is 386 g/mol. The number of nitrogens with two attached hydrogens (primary N) is 1. The van der Waals surface area contributed by atoms with Crippen molar-refractivity contribution in [2.45, 2.75) is 33.2 Å². The van der Waals surface area contributed by atoms with Gasteiger partial charge in [-0.15, -0.1) is 0 Å². The molecule has 2 aromatic heterocycles. The first-order valence-corrected chi connectivity index (χ1v) is 9.86. The molecule has 0 unspecified atom stereocenters. The van der Waals surface area contributed by atoms with Gasteiger partial charge in [0.15, 0.2) is 0 Å². The van der Waals surface area contributed by atoms with Crippen LogP contribution in [0.15, 0.2) is 36.5 Å². The van der Waals surface area contributed by atoms with E-state index in [1.54, 1.807) is 18.3 Å². The Bertz CT molecular complexity index is 876. The van der Waals surface area contributed by atoms with Crippen LogP contribution in [0.2, 0.25) is 0 Å². The molecule has 1 aliphatic heterocycles. The van der Waals surface area contributed by atoms with Gasteiger partial charge in [0.2, 0.25) is 5.78 Å². The van der Waals surface area contributed by atoms with Crippen molar-refractivity contribution in [2.75, 3.05) is 30.3 Å². The number of nitrogens with one attached hydrogen (secondary N) is 1. The number of allylic oxidation sites excluding steroid dienone is 1. The quantitative estimate of drug-likeness (QED) is 0.734. The maximum Gasteiger partial charge on any atom is 0.215 e. The monoisotopic (exact) mass is 385 g/mol. The van der Waals surface area contributed by atoms with E-state index >= 15 is 0 Å². The smallest absolute Gasteiger partial charge is 0.215 e. The predicted molar refractivity (Wildman–Crippen MR) is 121 cm³/mol. The Kier molecular flexibility index (Phi) is 6.41. The Morgan fingerprint density at radius 2 is 2.25 bits per heavy atom. The van der Waals surface area contributed by atoms with E-state index in [9.17, 15) is 4.79 Å². The lowest BCUT2D eigenvalue weighted by molar-refractivity contribution is 0.103. The normalized spacial score (nSPS) is 17.4. The van der Waals surface area contributed by atoms with Crippen molar-refractivity contribution >= 4 is 23.5 Å². The zero-order chi connectivity index (χ0) is 20.1. The molecule has 0 radical (unpaired) electrons. The van der Waals surface area contributed by atoms with Crippen molar-refractivity contribution in [3.63, 3.8) is 0 Å². The molecule has 6 heteroatoms. The highest BCUT2D eigenvalue weighted by Crippen LogP contribution is 2.23. The molecule has 1 aliphatic rings. The maximum atomic E-state index is 13.2. The molecule has 0 spiro atoms. The molecule has 0 bridgehead atoms. The summed E-state index contributed by atoms with van der Waals surface area (Å²) in [5.41, 5.74) is 7.51. The number of hydrogen-bond acceptors (Lipinski definition) is 6. The van der Waals surface area contributed by atoms with Crippen molar-refractivity contribution in [3.8, 4) is 0 Å². The fraction of sp³-hybridized carbons (Fsp3) is 0.409. The third-order valence-electron chi connectivity index (χ3n) is 4.89. The zero-order valence-corrected chi connectivity index (χ0v) is 16.9. The molecule has 3 heterocycles. The minimum Gasteiger partial charge on any atom is -0.383 e. The van der Waals surface area contributed by atoms with Crippen LogP contribution in [0.25, 0.3) is 6.08 Å². The second-order valence-electron chi connectivity index (χ2n) is 7.60. The van der Waals surface area contributed by atoms with Crippen molar-refractivity contribution < 1.29 is 9.07 Å². The number of pyridine rings is 2. The van der Waals surface area contributed by atoms with Crippen molar-refractivity contribution in [2.24, 2.45) is 5.92 Å². The van der Waals surface area contributed by atoms with E-state index in [1.165, 1.54) is 0 Å². The Hall–Kier alpha value is -2.73. The molecule has 1 saturated heterocycles. The van der Waals surface area contributed by atoms with Gasteiger partial charge in [0, 0.05) is 41.7 Å². The van der Waals surface area contributed by atoms with Crippen LogP contribution in [0.3, 0.4) is 0 Å². The van der Waals surface area contributed by atoms with Crippen LogP contribution in [0.4, 0.5) is 11.6 Å². The van der Waals surface area contributed by atoms with E-state index in [0.717, 1.165) is 37.4 Å². The van der Waals surface area contributed by atoms with Crippen LogP contribution in [-0.4, -0.2) is 41.4 Å². The molecule has 1 fully saturated rings. The minimum absolute atomic E-state index is 0. The van der Waals surface area contributed by atoms with Gasteiger partial charge in [0.1, 0.15) is 17.3 Å². The molecule has 3 N–H and O–H groups in total. The standard InChI is InChI=1S/C22H29N5O.3H2/c1-4-6-16-8-9-19(27-12-11-24-17(14-27)13-15(2)3)26-20(16)21(28)18-7-5-10-25-22(18)23;;;/h4-10,15,17,24H,11-14H2,1-3H3,(H2,23,25);3*1H/b6-4-;;;/t17-;;;/m0.../s1. The van der Waals surface area contributed by atoms with Gasteiger partial charge in [-0.3, -0.25) is 4.79 Å². The summed E-state index contributed by atoms with van der Waals surface area (Å²) >= 11 is 0. The molecule has 0 saturated carbocycles. The summed E-state index contributed by atoms with van der Waals surface area (Å²) in [5, 5.41) is 3.58. The van der Waals surface area contributed by atoms with Crippen LogP contribution < -0.4 is 16.0 Å². The summed E-state index contributed by atoms with van der Waals surface area (Å²) in [6.45, 7) is 9.06. The topological polar surface area (TPSA) is 84.1 Å². The number of carbonyl (C=O) groups excluding carboxylic acids is 1. The van der Waals surface area contributed by atoms with Gasteiger partial charge in [0.25, 0.3) is 0 Å². The zero-order valence-electron chi connectivity index (χ0n) is 16.9. The lowest BCUT2D eigenvalue weighted by Crippen LogP contribution is -2.51. The summed E-state index contributed by atoms with van der Waals surface area (Å²) in [6, 6.07) is 7.80. The number of piperazine rings is 1. The van der Waals surface area contributed by atoms with E-state index in [-0.39, 0.29) is 15.9 Å². The third-order valence-corrected chi connectivity index (χ3v) is 4.89. The molecule has 6 nitrogen and oxygen atoms in total. The number of aromatic nitrogens is 2. The Balaban J connectivity index is 0.00000300. The fourth-order valence-electron chi connectivity index (χ4n) is 3.63. The lowest BCUT2D eigenvalue weighted by atomic mass is 10.0. The Morgan fingerprint density at radius 1 is 1.43 bits per heavy atom. The van der Waals surface area contributed by atoms with E-state index in [2.05, 4.69) is 29.0 Å². The number of nitrogen functional groups attached to an aromatic ring is 1. The summed E-state index contributed by atoms with van der Waals surface area (Å²) in [5.74, 6) is 1.49. The number of nitrogens with zero attached hydrogens (tertiary/aromatic N) is 3. The van der Waals surface area contributed by atoms with Crippen LogP contribution >= 0.6 is 0 Å². The number of anilines is 2. The van der Waals surface area contributed by atoms with Gasteiger partial charge in [-0.05, 0) is 43.5 Å². The molecule has 0 aliphatic carbocycles. The van der Waals surface area contributed by atoms with Gasteiger partial charge >= 0.3 is 0 Å². The molecule has 0 amide bonds. The highest BCUT2D eigenvalue weighted by Gasteiger charge is 2.23. The highest BCUT2D eigenvalue weighted by atomic mass is 16.1. The average Bonchev–Trinajstić information content (AvgIpc) is 2.68. The van der Waals surface area contributed by atoms with Crippen molar-refractivity contribution in [3.05, 3.63) is 53.4 Å². The Labute approximate surface area is 171 Å². The van der Waals surface area contributed by atoms with Gasteiger partial charge in [-0.1, -0.05) is 26.0 Å². The van der Waals surface area contributed by atoms with Crippen LogP contribution in [0.5, 0.6) is 0 Å². The number of hydrogen-bond donors (Lipinski definition) is 2. The first-order valence-electron chi connectivity index (χ1n) is 9.86. The second-order valence-corrected chi connectivity index (χ2v) is 7.60. The molecular formula is C22H35N5O. The van der Waals surface area contributed by atoms with Gasteiger partial charge in [-0.2, -0.15) is 0 Å². The maximum absolute atomic E-state index is 13.2. The molecular weight excluding hydrogens is 350 g/mol. The minimum atomic E-state index is -0.200. The summed E-state index contributed by atoms with van der Waals surface area (Å²) in [6.07, 6.45) is 6.50. The van der Waals surface area contributed by atoms with Crippen LogP contribution in [0, 0.1) is 5.92 Å². The molecule has 2 aromatic rings. The van der Waals surface area contributed by atoms with E-state index < -0.39 is 0 Å². The molecule has 3 rings (SSSR count). The third kappa shape index (κ3) is 4.57. The predicted octanol–water partition coefficient (Wildman–Crippen LogP) is 3.89. The van der Waals surface area contributed by atoms with E-state index in [4.69, 9.17) is 10.7 Å². The lowest BCUT2D eigenvalue weighted by Gasteiger charge is -2.35. The summed E-state index contributed by atoms with van der Waals surface area (Å²) < 4.78 is 0. The highest BCUT2D eigenvalue weighted by molar-refractivity contribution is 6.12. The molecule has 154 valence electrons. The molecule has 0 aromatic carbocycles. The largest absolute Gasteiger partial charge is 0.383 e. The number of carbonyl (C=O) groups is 1.